The van der Waals surface area contributed by atoms with E-state index in [0.717, 1.165) is 36.5 Å². The predicted octanol–water partition coefficient (Wildman–Crippen LogP) is 3.22. The lowest BCUT2D eigenvalue weighted by atomic mass is 10.0. The van der Waals surface area contributed by atoms with Gasteiger partial charge in [-0.25, -0.2) is 4.79 Å². The lowest BCUT2D eigenvalue weighted by Gasteiger charge is -2.43. The first-order chi connectivity index (χ1) is 15.5. The number of amides is 3. The van der Waals surface area contributed by atoms with Crippen molar-refractivity contribution in [3.8, 4) is 0 Å². The molecule has 0 atom stereocenters. The minimum atomic E-state index is -0.175. The molecule has 1 fully saturated rings. The van der Waals surface area contributed by atoms with Gasteiger partial charge in [0.05, 0.1) is 12.4 Å². The molecule has 0 aliphatic carbocycles. The molecule has 2 aromatic carbocycles. The van der Waals surface area contributed by atoms with Gasteiger partial charge in [-0.15, -0.1) is 0 Å². The number of carbonyl (C=O) groups is 2. The van der Waals surface area contributed by atoms with E-state index >= 15 is 0 Å². The molecule has 2 heterocycles. The number of carbonyl (C=O) groups excluding carboxylic acids is 2. The summed E-state index contributed by atoms with van der Waals surface area (Å²) in [5.41, 5.74) is 3.44. The van der Waals surface area contributed by atoms with E-state index in [0.29, 0.717) is 25.7 Å². The molecule has 0 radical (unpaired) electrons. The molecule has 168 valence electrons. The smallest absolute Gasteiger partial charge is 0.317 e. The Bertz CT molecular complexity index is 969. The van der Waals surface area contributed by atoms with E-state index in [1.54, 1.807) is 16.8 Å². The van der Waals surface area contributed by atoms with E-state index < -0.39 is 0 Å². The quantitative estimate of drug-likeness (QED) is 0.760. The number of benzene rings is 2. The molecule has 0 saturated carbocycles. The third-order valence-electron chi connectivity index (χ3n) is 6.26. The highest BCUT2D eigenvalue weighted by atomic mass is 16.2. The second kappa shape index (κ2) is 9.77. The van der Waals surface area contributed by atoms with Gasteiger partial charge >= 0.3 is 6.03 Å². The Morgan fingerprint density at radius 3 is 2.53 bits per heavy atom. The standard InChI is InChI=1S/C25H31N5O2/c1-19-27-23-11-7-6-10-21(23)18-30(19)22-12-14-29(15-13-22)25(32)26-16-24(31)28(2)17-20-8-4-3-5-9-20/h3-11,22,27H,1,12-18H2,2H3,(H,26,32). The van der Waals surface area contributed by atoms with Crippen LogP contribution < -0.4 is 10.6 Å². The van der Waals surface area contributed by atoms with Crippen LogP contribution in [0.3, 0.4) is 0 Å². The van der Waals surface area contributed by atoms with Crippen molar-refractivity contribution in [1.29, 1.82) is 0 Å². The maximum absolute atomic E-state index is 12.6. The summed E-state index contributed by atoms with van der Waals surface area (Å²) in [4.78, 5) is 30.7. The number of anilines is 1. The fourth-order valence-electron chi connectivity index (χ4n) is 4.36. The average Bonchev–Trinajstić information content (AvgIpc) is 2.82. The van der Waals surface area contributed by atoms with Gasteiger partial charge in [-0.05, 0) is 30.0 Å². The van der Waals surface area contributed by atoms with Gasteiger partial charge in [-0.3, -0.25) is 4.79 Å². The van der Waals surface area contributed by atoms with E-state index in [1.165, 1.54) is 5.56 Å². The number of hydrogen-bond acceptors (Lipinski definition) is 4. The molecule has 7 heteroatoms. The molecule has 7 nitrogen and oxygen atoms in total. The second-order valence-corrected chi connectivity index (χ2v) is 8.47. The third kappa shape index (κ3) is 5.04. The Morgan fingerprint density at radius 1 is 1.09 bits per heavy atom. The number of hydrogen-bond donors (Lipinski definition) is 2. The van der Waals surface area contributed by atoms with Crippen molar-refractivity contribution in [3.63, 3.8) is 0 Å². The monoisotopic (exact) mass is 433 g/mol. The molecular weight excluding hydrogens is 402 g/mol. The molecule has 0 aromatic heterocycles. The number of piperidine rings is 1. The zero-order valence-electron chi connectivity index (χ0n) is 18.6. The van der Waals surface area contributed by atoms with Gasteiger partial charge in [0.15, 0.2) is 0 Å². The topological polar surface area (TPSA) is 67.9 Å². The van der Waals surface area contributed by atoms with Crippen LogP contribution in [0, 0.1) is 0 Å². The van der Waals surface area contributed by atoms with Crippen LogP contribution in [0.2, 0.25) is 0 Å². The van der Waals surface area contributed by atoms with Crippen molar-refractivity contribution in [3.05, 3.63) is 78.1 Å². The Hall–Kier alpha value is -3.48. The maximum Gasteiger partial charge on any atom is 0.317 e. The Morgan fingerprint density at radius 2 is 1.78 bits per heavy atom. The van der Waals surface area contributed by atoms with E-state index in [9.17, 15) is 9.59 Å². The number of urea groups is 1. The Balaban J connectivity index is 1.22. The third-order valence-corrected chi connectivity index (χ3v) is 6.26. The maximum atomic E-state index is 12.6. The summed E-state index contributed by atoms with van der Waals surface area (Å²) in [5, 5.41) is 6.19. The largest absolute Gasteiger partial charge is 0.351 e. The molecule has 32 heavy (non-hydrogen) atoms. The lowest BCUT2D eigenvalue weighted by molar-refractivity contribution is -0.129. The molecule has 1 saturated heterocycles. The minimum absolute atomic E-state index is 0.00568. The van der Waals surface area contributed by atoms with Crippen LogP contribution in [-0.2, 0) is 17.9 Å². The molecule has 2 aliphatic heterocycles. The highest BCUT2D eigenvalue weighted by Gasteiger charge is 2.30. The second-order valence-electron chi connectivity index (χ2n) is 8.47. The van der Waals surface area contributed by atoms with Gasteiger partial charge in [0.25, 0.3) is 0 Å². The van der Waals surface area contributed by atoms with E-state index in [4.69, 9.17) is 0 Å². The normalized spacial score (nSPS) is 16.2. The van der Waals surface area contributed by atoms with Crippen molar-refractivity contribution in [2.45, 2.75) is 32.0 Å². The number of likely N-dealkylation sites (tertiary alicyclic amines) is 1. The van der Waals surface area contributed by atoms with Crippen LogP contribution in [0.15, 0.2) is 67.0 Å². The zero-order chi connectivity index (χ0) is 22.5. The first-order valence-electron chi connectivity index (χ1n) is 11.1. The van der Waals surface area contributed by atoms with Crippen molar-refractivity contribution in [2.75, 3.05) is 32.0 Å². The van der Waals surface area contributed by atoms with E-state index in [-0.39, 0.29) is 18.5 Å². The van der Waals surface area contributed by atoms with Gasteiger partial charge in [0.1, 0.15) is 0 Å². The summed E-state index contributed by atoms with van der Waals surface area (Å²) in [5.74, 6) is 0.810. The van der Waals surface area contributed by atoms with Gasteiger partial charge in [0, 0.05) is 45.0 Å². The summed E-state index contributed by atoms with van der Waals surface area (Å²) in [6.45, 7) is 6.89. The van der Waals surface area contributed by atoms with Crippen LogP contribution in [0.25, 0.3) is 0 Å². The van der Waals surface area contributed by atoms with Crippen LogP contribution in [0.4, 0.5) is 10.5 Å². The average molecular weight is 434 g/mol. The number of rotatable bonds is 5. The summed E-state index contributed by atoms with van der Waals surface area (Å²) in [6, 6.07) is 18.3. The number of likely N-dealkylation sites (N-methyl/N-ethyl adjacent to an activating group) is 1. The van der Waals surface area contributed by atoms with Gasteiger partial charge in [0.2, 0.25) is 5.91 Å². The lowest BCUT2D eigenvalue weighted by Crippen LogP contribution is -2.51. The zero-order valence-corrected chi connectivity index (χ0v) is 18.6. The molecule has 2 aromatic rings. The summed E-state index contributed by atoms with van der Waals surface area (Å²) >= 11 is 0. The summed E-state index contributed by atoms with van der Waals surface area (Å²) in [7, 11) is 1.75. The number of nitrogens with one attached hydrogen (secondary N) is 2. The van der Waals surface area contributed by atoms with Gasteiger partial charge < -0.3 is 25.3 Å². The molecule has 0 spiro atoms. The van der Waals surface area contributed by atoms with Crippen molar-refractivity contribution in [1.82, 2.24) is 20.0 Å². The number of para-hydroxylation sites is 1. The Kier molecular flexibility index (Phi) is 6.63. The summed E-state index contributed by atoms with van der Waals surface area (Å²) in [6.07, 6.45) is 1.75. The molecule has 4 rings (SSSR count). The van der Waals surface area contributed by atoms with Gasteiger partial charge in [-0.1, -0.05) is 55.1 Å². The number of nitrogens with zero attached hydrogens (tertiary/aromatic N) is 3. The highest BCUT2D eigenvalue weighted by Crippen LogP contribution is 2.30. The molecule has 3 amide bonds. The fourth-order valence-corrected chi connectivity index (χ4v) is 4.36. The molecule has 0 bridgehead atoms. The van der Waals surface area contributed by atoms with E-state index in [1.807, 2.05) is 36.4 Å². The fraction of sp³-hybridized carbons (Fsp3) is 0.360. The van der Waals surface area contributed by atoms with Crippen LogP contribution in [0.5, 0.6) is 0 Å². The highest BCUT2D eigenvalue weighted by molar-refractivity contribution is 5.83. The van der Waals surface area contributed by atoms with Crippen molar-refractivity contribution < 1.29 is 9.59 Å². The first kappa shape index (κ1) is 21.7. The Labute approximate surface area is 189 Å². The predicted molar refractivity (Wildman–Crippen MR) is 126 cm³/mol. The van der Waals surface area contributed by atoms with Crippen LogP contribution in [-0.4, -0.2) is 59.4 Å². The van der Waals surface area contributed by atoms with Crippen LogP contribution >= 0.6 is 0 Å². The van der Waals surface area contributed by atoms with Crippen molar-refractivity contribution >= 4 is 17.6 Å². The minimum Gasteiger partial charge on any atom is -0.351 e. The molecule has 2 aliphatic rings. The van der Waals surface area contributed by atoms with Gasteiger partial charge in [-0.2, -0.15) is 0 Å². The number of fused-ring (bicyclic) bond motifs is 1. The van der Waals surface area contributed by atoms with Crippen LogP contribution in [0.1, 0.15) is 24.0 Å². The molecule has 2 N–H and O–H groups in total. The summed E-state index contributed by atoms with van der Waals surface area (Å²) < 4.78 is 0. The molecular formula is C25H31N5O2. The van der Waals surface area contributed by atoms with Crippen molar-refractivity contribution in [2.24, 2.45) is 0 Å². The molecule has 0 unspecified atom stereocenters. The SMILES string of the molecule is C=C1Nc2ccccc2CN1C1CCN(C(=O)NCC(=O)N(C)Cc2ccccc2)CC1. The van der Waals surface area contributed by atoms with E-state index in [2.05, 4.69) is 40.3 Å². The first-order valence-corrected chi connectivity index (χ1v) is 11.1.